The second kappa shape index (κ2) is 4.64. The number of hydrogen-bond acceptors (Lipinski definition) is 3. The van der Waals surface area contributed by atoms with Crippen LogP contribution in [-0.4, -0.2) is 19.0 Å². The van der Waals surface area contributed by atoms with Gasteiger partial charge < -0.3 is 14.6 Å². The van der Waals surface area contributed by atoms with Crippen molar-refractivity contribution in [3.05, 3.63) is 29.3 Å². The van der Waals surface area contributed by atoms with E-state index in [2.05, 4.69) is 0 Å². The molecule has 1 aliphatic rings. The van der Waals surface area contributed by atoms with Gasteiger partial charge >= 0.3 is 0 Å². The number of fused-ring (bicyclic) bond motifs is 1. The Balaban J connectivity index is 2.19. The van der Waals surface area contributed by atoms with Crippen LogP contribution in [0.15, 0.2) is 18.2 Å². The molecule has 0 amide bonds. The summed E-state index contributed by atoms with van der Waals surface area (Å²) in [6, 6.07) is 5.87. The van der Waals surface area contributed by atoms with Crippen LogP contribution in [0.3, 0.4) is 0 Å². The molecule has 0 saturated carbocycles. The molecule has 1 aromatic rings. The van der Waals surface area contributed by atoms with Crippen LogP contribution >= 0.6 is 0 Å². The minimum Gasteiger partial charge on any atom is -0.468 e. The molecule has 0 unspecified atom stereocenters. The zero-order valence-electron chi connectivity index (χ0n) is 8.90. The van der Waals surface area contributed by atoms with E-state index in [4.69, 9.17) is 9.47 Å². The Morgan fingerprint density at radius 1 is 1.47 bits per heavy atom. The molecule has 0 bridgehead atoms. The summed E-state index contributed by atoms with van der Waals surface area (Å²) in [6.45, 7) is 0.245. The summed E-state index contributed by atoms with van der Waals surface area (Å²) in [4.78, 5) is 0. The zero-order chi connectivity index (χ0) is 10.7. The Hall–Kier alpha value is -1.06. The largest absolute Gasteiger partial charge is 0.468 e. The van der Waals surface area contributed by atoms with Gasteiger partial charge in [0.05, 0.1) is 6.10 Å². The lowest BCUT2D eigenvalue weighted by Crippen LogP contribution is -2.09. The number of benzene rings is 1. The van der Waals surface area contributed by atoms with Gasteiger partial charge in [-0.3, -0.25) is 0 Å². The van der Waals surface area contributed by atoms with Crippen molar-refractivity contribution in [3.63, 3.8) is 0 Å². The first-order valence-electron chi connectivity index (χ1n) is 5.24. The molecular formula is C12H16O3. The van der Waals surface area contributed by atoms with Crippen LogP contribution in [0.4, 0.5) is 0 Å². The molecule has 1 N–H and O–H groups in total. The fourth-order valence-electron chi connectivity index (χ4n) is 1.97. The number of methoxy groups -OCH3 is 1. The maximum absolute atomic E-state index is 9.82. The van der Waals surface area contributed by atoms with Crippen molar-refractivity contribution in [1.29, 1.82) is 0 Å². The minimum absolute atomic E-state index is 0.245. The maximum Gasteiger partial charge on any atom is 0.188 e. The lowest BCUT2D eigenvalue weighted by molar-refractivity contribution is 0.0507. The highest BCUT2D eigenvalue weighted by atomic mass is 16.7. The van der Waals surface area contributed by atoms with E-state index >= 15 is 0 Å². The van der Waals surface area contributed by atoms with Gasteiger partial charge in [0.15, 0.2) is 6.79 Å². The SMILES string of the molecule is COCOc1ccc2c(c1)[C@H](O)CCC2. The molecule has 1 aliphatic carbocycles. The number of aliphatic hydroxyl groups is 1. The standard InChI is InChI=1S/C12H16O3/c1-14-8-15-10-6-5-9-3-2-4-12(13)11(9)7-10/h5-7,12-13H,2-4,8H2,1H3/t12-/m1/s1. The Labute approximate surface area is 89.6 Å². The summed E-state index contributed by atoms with van der Waals surface area (Å²) in [6.07, 6.45) is 2.63. The van der Waals surface area contributed by atoms with Crippen LogP contribution < -0.4 is 4.74 Å². The van der Waals surface area contributed by atoms with Crippen molar-refractivity contribution in [3.8, 4) is 5.75 Å². The first-order chi connectivity index (χ1) is 7.31. The van der Waals surface area contributed by atoms with Gasteiger partial charge in [0.1, 0.15) is 5.75 Å². The van der Waals surface area contributed by atoms with Gasteiger partial charge in [-0.1, -0.05) is 6.07 Å². The monoisotopic (exact) mass is 208 g/mol. The van der Waals surface area contributed by atoms with Crippen LogP contribution in [0.2, 0.25) is 0 Å². The molecule has 0 aromatic heterocycles. The van der Waals surface area contributed by atoms with Gasteiger partial charge in [-0.15, -0.1) is 0 Å². The molecule has 0 fully saturated rings. The topological polar surface area (TPSA) is 38.7 Å². The van der Waals surface area contributed by atoms with Gasteiger partial charge in [-0.2, -0.15) is 0 Å². The predicted octanol–water partition coefficient (Wildman–Crippen LogP) is 2.04. The summed E-state index contributed by atoms with van der Waals surface area (Å²) in [5.74, 6) is 0.761. The number of aliphatic hydroxyl groups excluding tert-OH is 1. The van der Waals surface area contributed by atoms with E-state index in [9.17, 15) is 5.11 Å². The van der Waals surface area contributed by atoms with Gasteiger partial charge in [-0.05, 0) is 42.5 Å². The molecule has 1 aromatic carbocycles. The number of ether oxygens (including phenoxy) is 2. The zero-order valence-corrected chi connectivity index (χ0v) is 8.90. The van der Waals surface area contributed by atoms with E-state index in [-0.39, 0.29) is 12.9 Å². The Kier molecular flexibility index (Phi) is 3.23. The molecule has 0 aliphatic heterocycles. The van der Waals surface area contributed by atoms with Crippen molar-refractivity contribution in [1.82, 2.24) is 0 Å². The normalized spacial score (nSPS) is 19.7. The summed E-state index contributed by atoms with van der Waals surface area (Å²) >= 11 is 0. The molecule has 3 heteroatoms. The number of aryl methyl sites for hydroxylation is 1. The highest BCUT2D eigenvalue weighted by Crippen LogP contribution is 2.32. The Morgan fingerprint density at radius 3 is 3.13 bits per heavy atom. The first kappa shape index (κ1) is 10.5. The summed E-state index contributed by atoms with van der Waals surface area (Å²) in [7, 11) is 1.59. The van der Waals surface area contributed by atoms with Crippen LogP contribution in [0.25, 0.3) is 0 Å². The molecular weight excluding hydrogens is 192 g/mol. The third kappa shape index (κ3) is 2.30. The maximum atomic E-state index is 9.82. The van der Waals surface area contributed by atoms with Crippen molar-refractivity contribution >= 4 is 0 Å². The number of hydrogen-bond donors (Lipinski definition) is 1. The van der Waals surface area contributed by atoms with Crippen molar-refractivity contribution in [2.45, 2.75) is 25.4 Å². The first-order valence-corrected chi connectivity index (χ1v) is 5.24. The molecule has 2 rings (SSSR count). The lowest BCUT2D eigenvalue weighted by atomic mass is 9.89. The van der Waals surface area contributed by atoms with E-state index in [0.717, 1.165) is 30.6 Å². The quantitative estimate of drug-likeness (QED) is 0.772. The van der Waals surface area contributed by atoms with Gasteiger partial charge in [0.25, 0.3) is 0 Å². The van der Waals surface area contributed by atoms with Crippen LogP contribution in [0.1, 0.15) is 30.1 Å². The third-order valence-electron chi connectivity index (χ3n) is 2.74. The van der Waals surface area contributed by atoms with Crippen molar-refractivity contribution in [2.24, 2.45) is 0 Å². The third-order valence-corrected chi connectivity index (χ3v) is 2.74. The molecule has 1 atom stereocenters. The Bertz CT molecular complexity index is 336. The van der Waals surface area contributed by atoms with Crippen molar-refractivity contribution in [2.75, 3.05) is 13.9 Å². The highest BCUT2D eigenvalue weighted by molar-refractivity contribution is 5.38. The van der Waals surface area contributed by atoms with E-state index in [1.807, 2.05) is 18.2 Å². The van der Waals surface area contributed by atoms with Crippen LogP contribution in [0, 0.1) is 0 Å². The second-order valence-corrected chi connectivity index (χ2v) is 3.82. The predicted molar refractivity (Wildman–Crippen MR) is 56.8 cm³/mol. The molecule has 0 radical (unpaired) electrons. The van der Waals surface area contributed by atoms with Gasteiger partial charge in [-0.25, -0.2) is 0 Å². The Morgan fingerprint density at radius 2 is 2.33 bits per heavy atom. The van der Waals surface area contributed by atoms with E-state index in [1.165, 1.54) is 5.56 Å². The molecule has 15 heavy (non-hydrogen) atoms. The molecule has 0 saturated heterocycles. The van der Waals surface area contributed by atoms with E-state index in [1.54, 1.807) is 7.11 Å². The summed E-state index contributed by atoms with van der Waals surface area (Å²) < 4.78 is 10.2. The highest BCUT2D eigenvalue weighted by Gasteiger charge is 2.18. The van der Waals surface area contributed by atoms with Crippen LogP contribution in [-0.2, 0) is 11.2 Å². The molecule has 3 nitrogen and oxygen atoms in total. The summed E-state index contributed by atoms with van der Waals surface area (Å²) in [5.41, 5.74) is 2.24. The average Bonchev–Trinajstić information content (AvgIpc) is 2.27. The average molecular weight is 208 g/mol. The van der Waals surface area contributed by atoms with E-state index < -0.39 is 0 Å². The fourth-order valence-corrected chi connectivity index (χ4v) is 1.97. The van der Waals surface area contributed by atoms with E-state index in [0.29, 0.717) is 0 Å². The van der Waals surface area contributed by atoms with Gasteiger partial charge in [0, 0.05) is 7.11 Å². The second-order valence-electron chi connectivity index (χ2n) is 3.82. The lowest BCUT2D eigenvalue weighted by Gasteiger charge is -2.21. The molecule has 82 valence electrons. The van der Waals surface area contributed by atoms with Crippen LogP contribution in [0.5, 0.6) is 5.75 Å². The smallest absolute Gasteiger partial charge is 0.188 e. The molecule has 0 heterocycles. The minimum atomic E-state index is -0.333. The molecule has 0 spiro atoms. The number of rotatable bonds is 3. The van der Waals surface area contributed by atoms with Crippen molar-refractivity contribution < 1.29 is 14.6 Å². The summed E-state index contributed by atoms with van der Waals surface area (Å²) in [5, 5.41) is 9.82. The fraction of sp³-hybridized carbons (Fsp3) is 0.500. The van der Waals surface area contributed by atoms with Gasteiger partial charge in [0.2, 0.25) is 0 Å².